The van der Waals surface area contributed by atoms with Crippen LogP contribution < -0.4 is 15.3 Å². The molecular weight excluding hydrogens is 1290 g/mol. The number of nitrogens with zero attached hydrogens (tertiary/aromatic N) is 2. The molecule has 0 amide bonds. The second-order valence-electron chi connectivity index (χ2n) is 31.7. The maximum absolute atomic E-state index is 2.46. The molecule has 0 saturated carbocycles. The number of hydrogen-bond donors (Lipinski definition) is 0. The molecule has 15 aromatic rings. The zero-order valence-electron chi connectivity index (χ0n) is 64.9. The molecule has 2 nitrogen and oxygen atoms in total. The molecular formula is C103H100N2Si. The van der Waals surface area contributed by atoms with Crippen molar-refractivity contribution in [3.63, 3.8) is 0 Å². The summed E-state index contributed by atoms with van der Waals surface area (Å²) in [6.45, 7) is 36.0. The molecule has 2 unspecified atom stereocenters. The van der Waals surface area contributed by atoms with E-state index in [9.17, 15) is 0 Å². The van der Waals surface area contributed by atoms with Gasteiger partial charge in [-0.2, -0.15) is 0 Å². The van der Waals surface area contributed by atoms with Crippen LogP contribution in [0.4, 0.5) is 11.4 Å². The van der Waals surface area contributed by atoms with Crippen LogP contribution in [0.1, 0.15) is 151 Å². The summed E-state index contributed by atoms with van der Waals surface area (Å²) in [6, 6.07) is 107. The Labute approximate surface area is 631 Å². The topological polar surface area (TPSA) is 8.17 Å². The molecule has 21 rings (SSSR count). The van der Waals surface area contributed by atoms with Gasteiger partial charge in [-0.1, -0.05) is 316 Å². The van der Waals surface area contributed by atoms with E-state index < -0.39 is 8.07 Å². The van der Waals surface area contributed by atoms with Gasteiger partial charge in [0.1, 0.15) is 8.07 Å². The van der Waals surface area contributed by atoms with Crippen LogP contribution in [0, 0.1) is 69.2 Å². The van der Waals surface area contributed by atoms with E-state index in [0.717, 1.165) is 0 Å². The summed E-state index contributed by atoms with van der Waals surface area (Å²) in [5.74, 6) is 1.41. The highest BCUT2D eigenvalue weighted by Crippen LogP contribution is 2.56. The lowest BCUT2D eigenvalue weighted by atomic mass is 9.61. The number of fused-ring (bicyclic) bond motifs is 11. The van der Waals surface area contributed by atoms with Gasteiger partial charge in [-0.05, 0) is 240 Å². The molecule has 0 fully saturated rings. The summed E-state index contributed by atoms with van der Waals surface area (Å²) in [4.78, 5) is 2.46. The third-order valence-electron chi connectivity index (χ3n) is 24.2. The highest BCUT2D eigenvalue weighted by molar-refractivity contribution is 7.03. The highest BCUT2D eigenvalue weighted by Gasteiger charge is 2.42. The van der Waals surface area contributed by atoms with E-state index in [0.29, 0.717) is 23.8 Å². The van der Waals surface area contributed by atoms with Crippen molar-refractivity contribution >= 4 is 62.3 Å². The van der Waals surface area contributed by atoms with Gasteiger partial charge in [0.25, 0.3) is 0 Å². The molecule has 3 heterocycles. The van der Waals surface area contributed by atoms with Crippen molar-refractivity contribution in [3.05, 3.63) is 397 Å². The molecule has 2 bridgehead atoms. The minimum Gasteiger partial charge on any atom is -0.338 e. The fourth-order valence-corrected chi connectivity index (χ4v) is 21.2. The zero-order chi connectivity index (χ0) is 74.0. The van der Waals surface area contributed by atoms with Gasteiger partial charge < -0.3 is 9.47 Å². The number of aromatic nitrogens is 1. The van der Waals surface area contributed by atoms with Crippen molar-refractivity contribution in [3.8, 4) is 27.9 Å². The van der Waals surface area contributed by atoms with E-state index in [4.69, 9.17) is 0 Å². The first kappa shape index (κ1) is 70.8. The number of benzene rings is 14. The van der Waals surface area contributed by atoms with Gasteiger partial charge >= 0.3 is 0 Å². The maximum Gasteiger partial charge on any atom is 0.113 e. The first-order valence-corrected chi connectivity index (χ1v) is 41.3. The summed E-state index contributed by atoms with van der Waals surface area (Å²) in [5.41, 5.74) is 38.0. The normalized spacial score (nSPS) is 16.2. The van der Waals surface area contributed by atoms with Crippen LogP contribution in [0.25, 0.3) is 60.4 Å². The molecule has 1 aromatic heterocycles. The molecule has 0 radical (unpaired) electrons. The lowest BCUT2D eigenvalue weighted by Crippen LogP contribution is -2.49. The summed E-state index contributed by atoms with van der Waals surface area (Å²) in [6.07, 6.45) is 0. The van der Waals surface area contributed by atoms with Gasteiger partial charge in [-0.15, -0.1) is 0 Å². The minimum atomic E-state index is -1.40. The molecule has 2 aliphatic heterocycles. The lowest BCUT2D eigenvalue weighted by Gasteiger charge is -2.42. The number of aryl methyl sites for hydroxylation is 9. The third kappa shape index (κ3) is 12.6. The quantitative estimate of drug-likeness (QED) is 0.124. The van der Waals surface area contributed by atoms with Crippen molar-refractivity contribution in [2.75, 3.05) is 4.90 Å². The standard InChI is InChI=1S/C21H16.C17H19N.C17H17N.C17H16.C16H16.C15H16Si/c1-13-10-11-18-19(12-13)21-16-8-4-2-6-14(16)20(18)15-7-3-5-9-17(15)21;1-12-8-10-15(11-9-12)18-14(3)13(2)16-6-4-5-7-17(16)18;1-12-9-10-17-16(11-12)13(2)14(3)18(17)15-7-5-4-6-8-15;1-11-8-9-16-15-7-5-4-6-14(15)12(2)13(3)17(16)10-11;2*1-11-8-9-15-13(10-11)12-6-4-5-7-14(12)16(15,2)3/h2-12,20-21H,1H3;4-11,13-14H,1-3H3;4-11H,1-3H3;4-10H,1-3H3;2*4-10H,1-3H3. The van der Waals surface area contributed by atoms with Gasteiger partial charge in [0, 0.05) is 57.4 Å². The number of anilines is 2. The highest BCUT2D eigenvalue weighted by atomic mass is 28.3. The Bertz CT molecular complexity index is 5690. The average molecular weight is 1390 g/mol. The van der Waals surface area contributed by atoms with Crippen molar-refractivity contribution < 1.29 is 0 Å². The molecule has 0 N–H and O–H groups in total. The Morgan fingerprint density at radius 3 is 1.43 bits per heavy atom. The van der Waals surface area contributed by atoms with E-state index in [1.165, 1.54) is 178 Å². The summed E-state index contributed by atoms with van der Waals surface area (Å²) < 4.78 is 2.34. The molecule has 106 heavy (non-hydrogen) atoms. The van der Waals surface area contributed by atoms with Crippen molar-refractivity contribution in [1.82, 2.24) is 4.57 Å². The first-order chi connectivity index (χ1) is 51.1. The van der Waals surface area contributed by atoms with Gasteiger partial charge in [0.2, 0.25) is 0 Å². The van der Waals surface area contributed by atoms with Gasteiger partial charge in [-0.25, -0.2) is 0 Å². The zero-order valence-corrected chi connectivity index (χ0v) is 65.9. The fourth-order valence-electron chi connectivity index (χ4n) is 18.1. The van der Waals surface area contributed by atoms with Crippen LogP contribution in [0.15, 0.2) is 291 Å². The van der Waals surface area contributed by atoms with Gasteiger partial charge in [0.15, 0.2) is 0 Å². The molecule has 0 saturated heterocycles. The second-order valence-corrected chi connectivity index (χ2v) is 36.1. The minimum absolute atomic E-state index is 0.152. The van der Waals surface area contributed by atoms with Crippen molar-refractivity contribution in [1.29, 1.82) is 0 Å². The Morgan fingerprint density at radius 1 is 0.302 bits per heavy atom. The average Bonchev–Trinajstić information content (AvgIpc) is 1.09. The maximum atomic E-state index is 2.46. The van der Waals surface area contributed by atoms with E-state index in [1.807, 2.05) is 0 Å². The van der Waals surface area contributed by atoms with Gasteiger partial charge in [0.05, 0.1) is 5.52 Å². The Kier molecular flexibility index (Phi) is 19.1. The van der Waals surface area contributed by atoms with E-state index >= 15 is 0 Å². The molecule has 4 aliphatic carbocycles. The van der Waals surface area contributed by atoms with Crippen LogP contribution in [-0.4, -0.2) is 18.7 Å². The third-order valence-corrected chi connectivity index (χ3v) is 27.7. The monoisotopic (exact) mass is 1390 g/mol. The van der Waals surface area contributed by atoms with Crippen molar-refractivity contribution in [2.24, 2.45) is 0 Å². The Morgan fingerprint density at radius 2 is 0.755 bits per heavy atom. The SMILES string of the molecule is Cc1ccc(N2c3ccccc3C(C)C2C)cc1.Cc1ccc2c(c1)-c1ccccc1C2(C)C.Cc1ccc2c(c1)-c1ccccc1[Si]2(C)C.Cc1ccc2c(c1)C1c3ccccc3C2c2ccccc21.Cc1ccc2c(c1)c(C)c(C)c1ccccc12.Cc1ccc2c(c1)c(C)c(C)n2-c1ccccc1. The summed E-state index contributed by atoms with van der Waals surface area (Å²) >= 11 is 0. The largest absolute Gasteiger partial charge is 0.338 e. The fraction of sp³-hybridized carbons (Fsp3) is 0.204. The van der Waals surface area contributed by atoms with E-state index in [1.54, 1.807) is 10.4 Å². The van der Waals surface area contributed by atoms with Crippen LogP contribution >= 0.6 is 0 Å². The number of rotatable bonds is 2. The molecule has 2 atom stereocenters. The number of para-hydroxylation sites is 2. The Balaban J connectivity index is 0.000000102. The smallest absolute Gasteiger partial charge is 0.113 e. The Hall–Kier alpha value is -10.8. The predicted octanol–water partition coefficient (Wildman–Crippen LogP) is 26.2. The summed E-state index contributed by atoms with van der Waals surface area (Å²) in [7, 11) is -1.40. The van der Waals surface area contributed by atoms with Gasteiger partial charge in [-0.3, -0.25) is 0 Å². The molecule has 6 aliphatic rings. The van der Waals surface area contributed by atoms with Crippen molar-refractivity contribution in [2.45, 2.75) is 139 Å². The molecule has 3 heteroatoms. The van der Waals surface area contributed by atoms with Crippen LogP contribution in [0.5, 0.6) is 0 Å². The van der Waals surface area contributed by atoms with E-state index in [-0.39, 0.29) is 5.41 Å². The molecule has 0 spiro atoms. The van der Waals surface area contributed by atoms with Crippen LogP contribution in [0.3, 0.4) is 0 Å². The molecule has 526 valence electrons. The lowest BCUT2D eigenvalue weighted by molar-refractivity contribution is 0.642. The van der Waals surface area contributed by atoms with Crippen LogP contribution in [0.2, 0.25) is 13.1 Å². The molecule has 14 aromatic carbocycles. The predicted molar refractivity (Wildman–Crippen MR) is 459 cm³/mol. The second kappa shape index (κ2) is 28.6. The van der Waals surface area contributed by atoms with Crippen LogP contribution in [-0.2, 0) is 5.41 Å². The summed E-state index contributed by atoms with van der Waals surface area (Å²) in [5, 5.41) is 10.0. The number of hydrogen-bond acceptors (Lipinski definition) is 1. The first-order valence-electron chi connectivity index (χ1n) is 38.3. The van der Waals surface area contributed by atoms with E-state index in [2.05, 4.69) is 411 Å².